The smallest absolute Gasteiger partial charge is 0.316 e. The molecular weight excluding hydrogens is 211 g/mol. The van der Waals surface area contributed by atoms with Gasteiger partial charge < -0.3 is 5.32 Å². The van der Waals surface area contributed by atoms with Crippen molar-refractivity contribution in [3.05, 3.63) is 0 Å². The number of rotatable bonds is 4. The zero-order valence-corrected chi connectivity index (χ0v) is 8.89. The largest absolute Gasteiger partial charge is 0.390 e. The molecule has 84 valence electrons. The van der Waals surface area contributed by atoms with Gasteiger partial charge in [0.1, 0.15) is 0 Å². The Bertz CT molecular complexity index is 155. The van der Waals surface area contributed by atoms with E-state index in [1.165, 1.54) is 0 Å². The predicted molar refractivity (Wildman–Crippen MR) is 53.6 cm³/mol. The van der Waals surface area contributed by atoms with Crippen LogP contribution in [0.2, 0.25) is 0 Å². The van der Waals surface area contributed by atoms with Crippen LogP contribution in [0.4, 0.5) is 13.2 Å². The molecule has 1 rings (SSSR count). The highest BCUT2D eigenvalue weighted by Crippen LogP contribution is 2.22. The van der Waals surface area contributed by atoms with E-state index >= 15 is 0 Å². The van der Waals surface area contributed by atoms with E-state index in [2.05, 4.69) is 5.32 Å². The molecular formula is C9H16F3NS. The Morgan fingerprint density at radius 2 is 1.86 bits per heavy atom. The molecule has 0 aromatic rings. The maximum absolute atomic E-state index is 11.8. The molecule has 1 heterocycles. The highest BCUT2D eigenvalue weighted by molar-refractivity contribution is 7.99. The molecule has 0 aromatic carbocycles. The molecule has 0 aromatic heterocycles. The van der Waals surface area contributed by atoms with Crippen LogP contribution in [0.1, 0.15) is 19.3 Å². The van der Waals surface area contributed by atoms with Crippen molar-refractivity contribution in [1.29, 1.82) is 0 Å². The fourth-order valence-corrected chi connectivity index (χ4v) is 2.69. The van der Waals surface area contributed by atoms with Gasteiger partial charge in [-0.1, -0.05) is 0 Å². The van der Waals surface area contributed by atoms with E-state index in [-0.39, 0.29) is 6.54 Å². The molecule has 5 heteroatoms. The average molecular weight is 227 g/mol. The Morgan fingerprint density at radius 3 is 2.43 bits per heavy atom. The highest BCUT2D eigenvalue weighted by Gasteiger charge is 2.26. The third-order valence-electron chi connectivity index (χ3n) is 2.36. The fourth-order valence-electron chi connectivity index (χ4n) is 1.49. The van der Waals surface area contributed by atoms with Crippen LogP contribution in [0.15, 0.2) is 0 Å². The van der Waals surface area contributed by atoms with Crippen LogP contribution in [-0.2, 0) is 0 Å². The lowest BCUT2D eigenvalue weighted by Crippen LogP contribution is -2.28. The van der Waals surface area contributed by atoms with Crippen LogP contribution in [0, 0.1) is 5.92 Å². The van der Waals surface area contributed by atoms with Crippen LogP contribution >= 0.6 is 11.8 Å². The molecule has 1 aliphatic rings. The van der Waals surface area contributed by atoms with Crippen molar-refractivity contribution in [1.82, 2.24) is 5.32 Å². The summed E-state index contributed by atoms with van der Waals surface area (Å²) >= 11 is 1.93. The van der Waals surface area contributed by atoms with Gasteiger partial charge in [-0.05, 0) is 36.8 Å². The summed E-state index contributed by atoms with van der Waals surface area (Å²) in [6, 6.07) is 0. The normalized spacial score (nSPS) is 19.9. The topological polar surface area (TPSA) is 12.0 Å². The molecule has 1 saturated heterocycles. The lowest BCUT2D eigenvalue weighted by atomic mass is 10.0. The van der Waals surface area contributed by atoms with Gasteiger partial charge in [0.15, 0.2) is 0 Å². The van der Waals surface area contributed by atoms with Gasteiger partial charge in [0.2, 0.25) is 0 Å². The Kier molecular flexibility index (Phi) is 5.09. The van der Waals surface area contributed by atoms with Crippen LogP contribution in [0.25, 0.3) is 0 Å². The molecule has 1 nitrogen and oxygen atoms in total. The molecule has 1 N–H and O–H groups in total. The minimum Gasteiger partial charge on any atom is -0.316 e. The van der Waals surface area contributed by atoms with E-state index in [4.69, 9.17) is 0 Å². The second-order valence-electron chi connectivity index (χ2n) is 3.63. The van der Waals surface area contributed by atoms with E-state index in [1.807, 2.05) is 11.8 Å². The molecule has 0 atom stereocenters. The van der Waals surface area contributed by atoms with Crippen LogP contribution in [-0.4, -0.2) is 30.8 Å². The molecule has 0 bridgehead atoms. The first-order chi connectivity index (χ1) is 6.58. The van der Waals surface area contributed by atoms with Gasteiger partial charge in [0, 0.05) is 6.54 Å². The summed E-state index contributed by atoms with van der Waals surface area (Å²) in [7, 11) is 0. The average Bonchev–Trinajstić information content (AvgIpc) is 2.13. The Hall–Kier alpha value is 0.100. The lowest BCUT2D eigenvalue weighted by Gasteiger charge is -2.21. The summed E-state index contributed by atoms with van der Waals surface area (Å²) < 4.78 is 35.3. The number of alkyl halides is 3. The molecule has 1 aliphatic heterocycles. The maximum Gasteiger partial charge on any atom is 0.390 e. The standard InChI is InChI=1S/C9H16F3NS/c10-9(11,12)3-4-13-7-8-1-5-14-6-2-8/h8,13H,1-7H2. The van der Waals surface area contributed by atoms with Gasteiger partial charge in [-0.3, -0.25) is 0 Å². The first kappa shape index (κ1) is 12.2. The molecule has 14 heavy (non-hydrogen) atoms. The van der Waals surface area contributed by atoms with Crippen LogP contribution < -0.4 is 5.32 Å². The summed E-state index contributed by atoms with van der Waals surface area (Å²) in [5.41, 5.74) is 0. The van der Waals surface area contributed by atoms with Gasteiger partial charge in [-0.25, -0.2) is 0 Å². The van der Waals surface area contributed by atoms with E-state index in [0.717, 1.165) is 30.9 Å². The third-order valence-corrected chi connectivity index (χ3v) is 3.41. The summed E-state index contributed by atoms with van der Waals surface area (Å²) in [6.07, 6.45) is -2.45. The van der Waals surface area contributed by atoms with E-state index in [0.29, 0.717) is 5.92 Å². The molecule has 0 aliphatic carbocycles. The molecule has 0 amide bonds. The molecule has 0 radical (unpaired) electrons. The third kappa shape index (κ3) is 5.75. The van der Waals surface area contributed by atoms with Crippen molar-refractivity contribution < 1.29 is 13.2 Å². The second-order valence-corrected chi connectivity index (χ2v) is 4.85. The van der Waals surface area contributed by atoms with E-state index in [1.54, 1.807) is 0 Å². The summed E-state index contributed by atoms with van der Waals surface area (Å²) in [5.74, 6) is 2.90. The zero-order valence-electron chi connectivity index (χ0n) is 8.07. The SMILES string of the molecule is FC(F)(F)CCNCC1CCSCC1. The van der Waals surface area contributed by atoms with Crippen LogP contribution in [0.5, 0.6) is 0 Å². The molecule has 1 fully saturated rings. The first-order valence-electron chi connectivity index (χ1n) is 4.93. The van der Waals surface area contributed by atoms with E-state index < -0.39 is 12.6 Å². The maximum atomic E-state index is 11.8. The molecule has 0 spiro atoms. The van der Waals surface area contributed by atoms with Gasteiger partial charge in [-0.2, -0.15) is 24.9 Å². The second kappa shape index (κ2) is 5.85. The zero-order chi connectivity index (χ0) is 10.4. The number of hydrogen-bond acceptors (Lipinski definition) is 2. The quantitative estimate of drug-likeness (QED) is 0.741. The van der Waals surface area contributed by atoms with Gasteiger partial charge in [0.05, 0.1) is 6.42 Å². The van der Waals surface area contributed by atoms with Crippen molar-refractivity contribution in [2.24, 2.45) is 5.92 Å². The summed E-state index contributed by atoms with van der Waals surface area (Å²) in [6.45, 7) is 0.809. The van der Waals surface area contributed by atoms with Crippen molar-refractivity contribution in [2.45, 2.75) is 25.4 Å². The predicted octanol–water partition coefficient (Wildman–Crippen LogP) is 2.67. The Balaban J connectivity index is 1.97. The minimum absolute atomic E-state index is 0.0626. The Morgan fingerprint density at radius 1 is 1.21 bits per heavy atom. The molecule has 0 unspecified atom stereocenters. The minimum atomic E-state index is -4.02. The summed E-state index contributed by atoms with van der Waals surface area (Å²) in [4.78, 5) is 0. The van der Waals surface area contributed by atoms with Crippen molar-refractivity contribution >= 4 is 11.8 Å². The first-order valence-corrected chi connectivity index (χ1v) is 6.08. The van der Waals surface area contributed by atoms with Crippen molar-refractivity contribution in [2.75, 3.05) is 24.6 Å². The van der Waals surface area contributed by atoms with Gasteiger partial charge in [0.25, 0.3) is 0 Å². The van der Waals surface area contributed by atoms with Gasteiger partial charge >= 0.3 is 6.18 Å². The summed E-state index contributed by atoms with van der Waals surface area (Å²) in [5, 5.41) is 2.88. The fraction of sp³-hybridized carbons (Fsp3) is 1.00. The number of thioether (sulfide) groups is 1. The number of halogens is 3. The monoisotopic (exact) mass is 227 g/mol. The van der Waals surface area contributed by atoms with Crippen molar-refractivity contribution in [3.63, 3.8) is 0 Å². The van der Waals surface area contributed by atoms with Crippen LogP contribution in [0.3, 0.4) is 0 Å². The van der Waals surface area contributed by atoms with Crippen molar-refractivity contribution in [3.8, 4) is 0 Å². The van der Waals surface area contributed by atoms with Gasteiger partial charge in [-0.15, -0.1) is 0 Å². The highest BCUT2D eigenvalue weighted by atomic mass is 32.2. The molecule has 0 saturated carbocycles. The number of nitrogens with one attached hydrogen (secondary N) is 1. The lowest BCUT2D eigenvalue weighted by molar-refractivity contribution is -0.133. The van der Waals surface area contributed by atoms with E-state index in [9.17, 15) is 13.2 Å². The number of hydrogen-bond donors (Lipinski definition) is 1. The Labute approximate surface area is 86.8 Å².